The number of para-hydroxylation sites is 1. The molecule has 3 aromatic rings. The molecule has 1 amide bonds. The number of nitrogens with zero attached hydrogens (tertiary/aromatic N) is 1. The van der Waals surface area contributed by atoms with Gasteiger partial charge in [0.15, 0.2) is 0 Å². The van der Waals surface area contributed by atoms with Crippen LogP contribution < -0.4 is 5.32 Å². The molecule has 7 heteroatoms. The van der Waals surface area contributed by atoms with Crippen LogP contribution in [-0.4, -0.2) is 17.0 Å². The van der Waals surface area contributed by atoms with Crippen molar-refractivity contribution in [2.75, 3.05) is 5.32 Å². The van der Waals surface area contributed by atoms with Gasteiger partial charge in [-0.25, -0.2) is 4.79 Å². The van der Waals surface area contributed by atoms with Gasteiger partial charge in [0.05, 0.1) is 10.6 Å². The standard InChI is InChI=1S/C22H15ClN2O4/c1-13-4-2-3-5-19(13)25-21(26)15(12-24)10-16-7-9-20(29-16)14-6-8-18(23)17(11-14)22(27)28/h2-11H,1H3,(H,25,26)(H,27,28)/b15-10+. The molecule has 0 spiro atoms. The van der Waals surface area contributed by atoms with E-state index in [2.05, 4.69) is 5.32 Å². The molecule has 0 aliphatic rings. The second kappa shape index (κ2) is 8.46. The van der Waals surface area contributed by atoms with Gasteiger partial charge in [-0.05, 0) is 48.9 Å². The molecule has 0 saturated heterocycles. The van der Waals surface area contributed by atoms with Crippen LogP contribution in [-0.2, 0) is 4.79 Å². The number of nitrogens with one attached hydrogen (secondary N) is 1. The van der Waals surface area contributed by atoms with Crippen LogP contribution in [0.3, 0.4) is 0 Å². The molecule has 0 radical (unpaired) electrons. The van der Waals surface area contributed by atoms with E-state index in [0.29, 0.717) is 17.0 Å². The van der Waals surface area contributed by atoms with Gasteiger partial charge in [0.1, 0.15) is 23.2 Å². The van der Waals surface area contributed by atoms with E-state index in [-0.39, 0.29) is 21.9 Å². The minimum atomic E-state index is -1.15. The number of benzene rings is 2. The largest absolute Gasteiger partial charge is 0.478 e. The van der Waals surface area contributed by atoms with Gasteiger partial charge in [0.2, 0.25) is 0 Å². The number of carbonyl (C=O) groups excluding carboxylic acids is 1. The zero-order chi connectivity index (χ0) is 21.0. The molecule has 2 aromatic carbocycles. The summed E-state index contributed by atoms with van der Waals surface area (Å²) in [7, 11) is 0. The summed E-state index contributed by atoms with van der Waals surface area (Å²) < 4.78 is 5.66. The Kier molecular flexibility index (Phi) is 5.82. The molecule has 0 aliphatic carbocycles. The molecule has 0 atom stereocenters. The van der Waals surface area contributed by atoms with E-state index in [9.17, 15) is 20.0 Å². The summed E-state index contributed by atoms with van der Waals surface area (Å²) in [5.41, 5.74) is 1.82. The molecule has 6 nitrogen and oxygen atoms in total. The van der Waals surface area contributed by atoms with E-state index < -0.39 is 11.9 Å². The zero-order valence-electron chi connectivity index (χ0n) is 15.3. The van der Waals surface area contributed by atoms with Crippen molar-refractivity contribution >= 4 is 35.2 Å². The van der Waals surface area contributed by atoms with Gasteiger partial charge >= 0.3 is 5.97 Å². The number of amides is 1. The predicted octanol–water partition coefficient (Wildman–Crippen LogP) is 5.15. The molecule has 3 rings (SSSR count). The van der Waals surface area contributed by atoms with Crippen LogP contribution in [0.2, 0.25) is 5.02 Å². The Hall–Kier alpha value is -3.82. The lowest BCUT2D eigenvalue weighted by molar-refractivity contribution is -0.112. The van der Waals surface area contributed by atoms with E-state index in [1.807, 2.05) is 25.1 Å². The molecule has 2 N–H and O–H groups in total. The van der Waals surface area contributed by atoms with E-state index in [0.717, 1.165) is 5.56 Å². The molecule has 1 aromatic heterocycles. The molecule has 1 heterocycles. The number of aromatic carboxylic acids is 1. The molecule has 0 bridgehead atoms. The minimum Gasteiger partial charge on any atom is -0.478 e. The molecule has 144 valence electrons. The van der Waals surface area contributed by atoms with Crippen molar-refractivity contribution in [1.29, 1.82) is 5.26 Å². The van der Waals surface area contributed by atoms with E-state index in [1.165, 1.54) is 18.2 Å². The Morgan fingerprint density at radius 2 is 1.93 bits per heavy atom. The lowest BCUT2D eigenvalue weighted by atomic mass is 10.1. The summed E-state index contributed by atoms with van der Waals surface area (Å²) in [5, 5.41) is 21.4. The van der Waals surface area contributed by atoms with Crippen molar-refractivity contribution in [3.8, 4) is 17.4 Å². The Bertz CT molecular complexity index is 1170. The number of nitriles is 1. The normalized spacial score (nSPS) is 11.0. The lowest BCUT2D eigenvalue weighted by Gasteiger charge is -2.06. The fourth-order valence-electron chi connectivity index (χ4n) is 2.62. The number of hydrogen-bond donors (Lipinski definition) is 2. The first-order valence-corrected chi connectivity index (χ1v) is 8.88. The molecular weight excluding hydrogens is 392 g/mol. The van der Waals surface area contributed by atoms with Gasteiger partial charge < -0.3 is 14.8 Å². The first-order valence-electron chi connectivity index (χ1n) is 8.51. The van der Waals surface area contributed by atoms with Crippen molar-refractivity contribution < 1.29 is 19.1 Å². The van der Waals surface area contributed by atoms with Crippen LogP contribution in [0.25, 0.3) is 17.4 Å². The molecule has 29 heavy (non-hydrogen) atoms. The number of carbonyl (C=O) groups is 2. The maximum Gasteiger partial charge on any atom is 0.337 e. The number of anilines is 1. The summed E-state index contributed by atoms with van der Waals surface area (Å²) in [4.78, 5) is 23.6. The van der Waals surface area contributed by atoms with Crippen LogP contribution in [0.5, 0.6) is 0 Å². The topological polar surface area (TPSA) is 103 Å². The highest BCUT2D eigenvalue weighted by molar-refractivity contribution is 6.33. The highest BCUT2D eigenvalue weighted by Gasteiger charge is 2.14. The van der Waals surface area contributed by atoms with Crippen LogP contribution in [0.15, 0.2) is 64.6 Å². The summed E-state index contributed by atoms with van der Waals surface area (Å²) in [6.45, 7) is 1.85. The van der Waals surface area contributed by atoms with Gasteiger partial charge in [0, 0.05) is 17.3 Å². The summed E-state index contributed by atoms with van der Waals surface area (Å²) in [5.74, 6) is -1.04. The number of rotatable bonds is 5. The number of carboxylic acid groups (broad SMARTS) is 1. The predicted molar refractivity (Wildman–Crippen MR) is 110 cm³/mol. The van der Waals surface area contributed by atoms with Crippen molar-refractivity contribution in [3.63, 3.8) is 0 Å². The van der Waals surface area contributed by atoms with E-state index in [1.54, 1.807) is 30.3 Å². The molecule has 0 fully saturated rings. The third-order valence-electron chi connectivity index (χ3n) is 4.15. The molecule has 0 saturated carbocycles. The average Bonchev–Trinajstić information content (AvgIpc) is 3.16. The monoisotopic (exact) mass is 406 g/mol. The Labute approximate surface area is 171 Å². The number of halogens is 1. The molecule has 0 aliphatic heterocycles. The Morgan fingerprint density at radius 3 is 2.62 bits per heavy atom. The summed E-state index contributed by atoms with van der Waals surface area (Å²) >= 11 is 5.88. The lowest BCUT2D eigenvalue weighted by Crippen LogP contribution is -2.14. The Morgan fingerprint density at radius 1 is 1.17 bits per heavy atom. The van der Waals surface area contributed by atoms with Gasteiger partial charge in [-0.2, -0.15) is 5.26 Å². The number of hydrogen-bond acceptors (Lipinski definition) is 4. The fourth-order valence-corrected chi connectivity index (χ4v) is 2.82. The summed E-state index contributed by atoms with van der Waals surface area (Å²) in [6, 6.07) is 16.8. The zero-order valence-corrected chi connectivity index (χ0v) is 16.0. The van der Waals surface area contributed by atoms with Crippen LogP contribution in [0.1, 0.15) is 21.7 Å². The van der Waals surface area contributed by atoms with Crippen molar-refractivity contribution in [2.24, 2.45) is 0 Å². The van der Waals surface area contributed by atoms with Crippen LogP contribution in [0.4, 0.5) is 5.69 Å². The minimum absolute atomic E-state index is 0.0482. The van der Waals surface area contributed by atoms with Gasteiger partial charge in [0.25, 0.3) is 5.91 Å². The fraction of sp³-hybridized carbons (Fsp3) is 0.0455. The first-order chi connectivity index (χ1) is 13.9. The molecule has 0 unspecified atom stereocenters. The van der Waals surface area contributed by atoms with Crippen LogP contribution in [0, 0.1) is 18.3 Å². The van der Waals surface area contributed by atoms with Gasteiger partial charge in [-0.15, -0.1) is 0 Å². The molecular formula is C22H15ClN2O4. The van der Waals surface area contributed by atoms with Crippen molar-refractivity contribution in [2.45, 2.75) is 6.92 Å². The highest BCUT2D eigenvalue weighted by atomic mass is 35.5. The van der Waals surface area contributed by atoms with E-state index >= 15 is 0 Å². The maximum atomic E-state index is 12.4. The number of furan rings is 1. The van der Waals surface area contributed by atoms with Crippen molar-refractivity contribution in [1.82, 2.24) is 0 Å². The maximum absolute atomic E-state index is 12.4. The first kappa shape index (κ1) is 19.9. The SMILES string of the molecule is Cc1ccccc1NC(=O)/C(C#N)=C/c1ccc(-c2ccc(Cl)c(C(=O)O)c2)o1. The third kappa shape index (κ3) is 4.54. The summed E-state index contributed by atoms with van der Waals surface area (Å²) in [6.07, 6.45) is 1.32. The number of aryl methyl sites for hydroxylation is 1. The second-order valence-corrected chi connectivity index (χ2v) is 6.55. The quantitative estimate of drug-likeness (QED) is 0.450. The smallest absolute Gasteiger partial charge is 0.337 e. The van der Waals surface area contributed by atoms with E-state index in [4.69, 9.17) is 16.0 Å². The van der Waals surface area contributed by atoms with Crippen molar-refractivity contribution in [3.05, 3.63) is 82.1 Å². The second-order valence-electron chi connectivity index (χ2n) is 6.14. The van der Waals surface area contributed by atoms with Gasteiger partial charge in [-0.3, -0.25) is 4.79 Å². The van der Waals surface area contributed by atoms with Crippen LogP contribution >= 0.6 is 11.6 Å². The highest BCUT2D eigenvalue weighted by Crippen LogP contribution is 2.28. The van der Waals surface area contributed by atoms with Gasteiger partial charge in [-0.1, -0.05) is 29.8 Å². The third-order valence-corrected chi connectivity index (χ3v) is 4.48. The average molecular weight is 407 g/mol. The number of carboxylic acids is 1. The Balaban J connectivity index is 1.85.